The molecular formula is C14H20N2O2. The van der Waals surface area contributed by atoms with Crippen molar-refractivity contribution in [2.24, 2.45) is 5.10 Å². The molecule has 4 heteroatoms. The van der Waals surface area contributed by atoms with Crippen molar-refractivity contribution in [3.8, 4) is 5.75 Å². The van der Waals surface area contributed by atoms with Crippen molar-refractivity contribution in [1.29, 1.82) is 0 Å². The first-order valence-corrected chi connectivity index (χ1v) is 6.19. The molecule has 18 heavy (non-hydrogen) atoms. The Morgan fingerprint density at radius 2 is 1.94 bits per heavy atom. The van der Waals surface area contributed by atoms with Crippen molar-refractivity contribution in [3.63, 3.8) is 0 Å². The van der Waals surface area contributed by atoms with E-state index in [1.807, 2.05) is 38.1 Å². The summed E-state index contributed by atoms with van der Waals surface area (Å²) >= 11 is 0. The van der Waals surface area contributed by atoms with Crippen LogP contribution in [0.5, 0.6) is 5.75 Å². The van der Waals surface area contributed by atoms with E-state index in [0.717, 1.165) is 18.6 Å². The molecule has 4 nitrogen and oxygen atoms in total. The molecule has 0 spiro atoms. The number of amides is 1. The molecule has 0 saturated heterocycles. The Kier molecular flexibility index (Phi) is 5.91. The third kappa shape index (κ3) is 4.99. The largest absolute Gasteiger partial charge is 0.484 e. The topological polar surface area (TPSA) is 50.7 Å². The number of hydrazone groups is 1. The van der Waals surface area contributed by atoms with Crippen LogP contribution in [-0.4, -0.2) is 18.2 Å². The van der Waals surface area contributed by atoms with Crippen LogP contribution in [0.15, 0.2) is 29.4 Å². The van der Waals surface area contributed by atoms with Gasteiger partial charge in [0.1, 0.15) is 5.75 Å². The van der Waals surface area contributed by atoms with Gasteiger partial charge in [-0.25, -0.2) is 5.43 Å². The Labute approximate surface area is 108 Å². The summed E-state index contributed by atoms with van der Waals surface area (Å²) < 4.78 is 5.35. The quantitative estimate of drug-likeness (QED) is 0.621. The molecule has 98 valence electrons. The molecule has 1 aromatic rings. The van der Waals surface area contributed by atoms with Crippen LogP contribution < -0.4 is 10.2 Å². The molecule has 0 radical (unpaired) electrons. The van der Waals surface area contributed by atoms with Crippen LogP contribution in [-0.2, 0) is 11.2 Å². The van der Waals surface area contributed by atoms with E-state index in [2.05, 4.69) is 17.5 Å². The highest BCUT2D eigenvalue weighted by molar-refractivity contribution is 5.84. The van der Waals surface area contributed by atoms with Gasteiger partial charge in [-0.05, 0) is 37.5 Å². The van der Waals surface area contributed by atoms with E-state index in [-0.39, 0.29) is 12.5 Å². The first kappa shape index (κ1) is 14.2. The first-order valence-electron chi connectivity index (χ1n) is 6.19. The van der Waals surface area contributed by atoms with Gasteiger partial charge in [0.2, 0.25) is 0 Å². The minimum absolute atomic E-state index is 0.0219. The molecule has 0 saturated carbocycles. The zero-order valence-electron chi connectivity index (χ0n) is 11.2. The van der Waals surface area contributed by atoms with Gasteiger partial charge in [-0.2, -0.15) is 5.10 Å². The Morgan fingerprint density at radius 1 is 1.28 bits per heavy atom. The number of aryl methyl sites for hydroxylation is 1. The highest BCUT2D eigenvalue weighted by atomic mass is 16.5. The number of benzene rings is 1. The Balaban J connectivity index is 2.37. The molecule has 0 aliphatic carbocycles. The summed E-state index contributed by atoms with van der Waals surface area (Å²) in [4.78, 5) is 11.4. The molecule has 0 atom stereocenters. The van der Waals surface area contributed by atoms with Crippen LogP contribution in [0.25, 0.3) is 0 Å². The van der Waals surface area contributed by atoms with Crippen molar-refractivity contribution in [1.82, 2.24) is 5.43 Å². The van der Waals surface area contributed by atoms with Gasteiger partial charge in [0, 0.05) is 5.71 Å². The average Bonchev–Trinajstić information content (AvgIpc) is 2.42. The minimum atomic E-state index is -0.248. The summed E-state index contributed by atoms with van der Waals surface area (Å²) in [7, 11) is 0. The molecule has 0 heterocycles. The van der Waals surface area contributed by atoms with E-state index in [0.29, 0.717) is 5.75 Å². The van der Waals surface area contributed by atoms with Crippen molar-refractivity contribution in [3.05, 3.63) is 29.8 Å². The van der Waals surface area contributed by atoms with Crippen LogP contribution in [0.2, 0.25) is 0 Å². The summed E-state index contributed by atoms with van der Waals surface area (Å²) in [6.45, 7) is 5.92. The number of rotatable bonds is 6. The van der Waals surface area contributed by atoms with Crippen LogP contribution in [0, 0.1) is 0 Å². The fourth-order valence-corrected chi connectivity index (χ4v) is 1.24. The monoisotopic (exact) mass is 248 g/mol. The Bertz CT molecular complexity index is 410. The molecular weight excluding hydrogens is 228 g/mol. The molecule has 0 aliphatic heterocycles. The van der Waals surface area contributed by atoms with Crippen molar-refractivity contribution >= 4 is 11.6 Å². The fraction of sp³-hybridized carbons (Fsp3) is 0.429. The van der Waals surface area contributed by atoms with E-state index in [1.54, 1.807) is 0 Å². The van der Waals surface area contributed by atoms with E-state index in [9.17, 15) is 4.79 Å². The number of ether oxygens (including phenoxy) is 1. The van der Waals surface area contributed by atoms with Gasteiger partial charge in [-0.3, -0.25) is 4.79 Å². The summed E-state index contributed by atoms with van der Waals surface area (Å²) in [6.07, 6.45) is 1.81. The molecule has 1 rings (SSSR count). The Morgan fingerprint density at radius 3 is 2.50 bits per heavy atom. The summed E-state index contributed by atoms with van der Waals surface area (Å²) in [5.41, 5.74) is 4.58. The normalized spacial score (nSPS) is 11.2. The number of carbonyl (C=O) groups excluding carboxylic acids is 1. The molecule has 0 aromatic heterocycles. The van der Waals surface area contributed by atoms with Crippen molar-refractivity contribution < 1.29 is 9.53 Å². The van der Waals surface area contributed by atoms with Crippen LogP contribution in [0.4, 0.5) is 0 Å². The van der Waals surface area contributed by atoms with Crippen LogP contribution in [0.3, 0.4) is 0 Å². The second-order valence-electron chi connectivity index (χ2n) is 4.02. The zero-order chi connectivity index (χ0) is 13.4. The highest BCUT2D eigenvalue weighted by Gasteiger charge is 2.01. The van der Waals surface area contributed by atoms with Crippen LogP contribution in [0.1, 0.15) is 32.8 Å². The van der Waals surface area contributed by atoms with Gasteiger partial charge < -0.3 is 4.74 Å². The SMILES string of the molecule is CCC(C)=NNC(=O)COc1ccc(CC)cc1. The lowest BCUT2D eigenvalue weighted by Crippen LogP contribution is -2.25. The summed E-state index contributed by atoms with van der Waals surface area (Å²) in [5, 5.41) is 3.92. The Hall–Kier alpha value is -1.84. The second kappa shape index (κ2) is 7.48. The van der Waals surface area contributed by atoms with E-state index in [4.69, 9.17) is 4.74 Å². The first-order chi connectivity index (χ1) is 8.65. The van der Waals surface area contributed by atoms with Gasteiger partial charge in [0.15, 0.2) is 6.61 Å². The van der Waals surface area contributed by atoms with Gasteiger partial charge >= 0.3 is 0 Å². The fourth-order valence-electron chi connectivity index (χ4n) is 1.24. The molecule has 0 fully saturated rings. The second-order valence-corrected chi connectivity index (χ2v) is 4.02. The van der Waals surface area contributed by atoms with Gasteiger partial charge in [0.25, 0.3) is 5.91 Å². The standard InChI is InChI=1S/C14H20N2O2/c1-4-11(3)15-16-14(17)10-18-13-8-6-12(5-2)7-9-13/h6-9H,4-5,10H2,1-3H3,(H,16,17). The number of carbonyl (C=O) groups is 1. The average molecular weight is 248 g/mol. The number of nitrogens with one attached hydrogen (secondary N) is 1. The lowest BCUT2D eigenvalue weighted by atomic mass is 10.2. The molecule has 0 aliphatic rings. The number of hydrogen-bond donors (Lipinski definition) is 1. The predicted molar refractivity (Wildman–Crippen MR) is 72.9 cm³/mol. The summed E-state index contributed by atoms with van der Waals surface area (Å²) in [5.74, 6) is 0.445. The van der Waals surface area contributed by atoms with Crippen molar-refractivity contribution in [2.45, 2.75) is 33.6 Å². The van der Waals surface area contributed by atoms with E-state index >= 15 is 0 Å². The van der Waals surface area contributed by atoms with E-state index in [1.165, 1.54) is 5.56 Å². The maximum atomic E-state index is 11.4. The van der Waals surface area contributed by atoms with Gasteiger partial charge in [-0.15, -0.1) is 0 Å². The molecule has 1 aromatic carbocycles. The maximum Gasteiger partial charge on any atom is 0.277 e. The molecule has 1 N–H and O–H groups in total. The predicted octanol–water partition coefficient (Wildman–Crippen LogP) is 2.53. The van der Waals surface area contributed by atoms with Gasteiger partial charge in [-0.1, -0.05) is 26.0 Å². The number of hydrogen-bond acceptors (Lipinski definition) is 3. The molecule has 1 amide bonds. The van der Waals surface area contributed by atoms with Gasteiger partial charge in [0.05, 0.1) is 0 Å². The number of nitrogens with zero attached hydrogens (tertiary/aromatic N) is 1. The van der Waals surface area contributed by atoms with Crippen LogP contribution >= 0.6 is 0 Å². The lowest BCUT2D eigenvalue weighted by Gasteiger charge is -2.06. The minimum Gasteiger partial charge on any atom is -0.484 e. The highest BCUT2D eigenvalue weighted by Crippen LogP contribution is 2.12. The van der Waals surface area contributed by atoms with Crippen molar-refractivity contribution in [2.75, 3.05) is 6.61 Å². The smallest absolute Gasteiger partial charge is 0.277 e. The van der Waals surface area contributed by atoms with E-state index < -0.39 is 0 Å². The lowest BCUT2D eigenvalue weighted by molar-refractivity contribution is -0.123. The summed E-state index contributed by atoms with van der Waals surface area (Å²) in [6, 6.07) is 7.72. The maximum absolute atomic E-state index is 11.4. The third-order valence-corrected chi connectivity index (χ3v) is 2.58. The molecule has 0 bridgehead atoms. The molecule has 0 unspecified atom stereocenters. The third-order valence-electron chi connectivity index (χ3n) is 2.58. The zero-order valence-corrected chi connectivity index (χ0v) is 11.2.